The molecular formula is C12H15N3OS. The van der Waals surface area contributed by atoms with Crippen LogP contribution in [0.25, 0.3) is 0 Å². The summed E-state index contributed by atoms with van der Waals surface area (Å²) < 4.78 is 0. The van der Waals surface area contributed by atoms with Crippen LogP contribution in [0.15, 0.2) is 24.5 Å². The first kappa shape index (κ1) is 12.0. The lowest BCUT2D eigenvalue weighted by Gasteiger charge is -2.39. The first-order chi connectivity index (χ1) is 8.15. The number of nitrogens with two attached hydrogens (primary N) is 1. The van der Waals surface area contributed by atoms with E-state index in [9.17, 15) is 4.79 Å². The zero-order chi connectivity index (χ0) is 12.3. The van der Waals surface area contributed by atoms with Crippen LogP contribution in [0.5, 0.6) is 0 Å². The second kappa shape index (κ2) is 4.79. The topological polar surface area (TPSA) is 68.0 Å². The third kappa shape index (κ3) is 2.29. The van der Waals surface area contributed by atoms with Crippen molar-refractivity contribution in [3.8, 4) is 0 Å². The first-order valence-electron chi connectivity index (χ1n) is 5.62. The number of pyridine rings is 1. The van der Waals surface area contributed by atoms with E-state index in [0.29, 0.717) is 11.5 Å². The number of nitrogens with zero attached hydrogens (tertiary/aromatic N) is 1. The average Bonchev–Trinajstić information content (AvgIpc) is 2.25. The minimum absolute atomic E-state index is 0.0555. The maximum Gasteiger partial charge on any atom is 0.233 e. The Kier molecular flexibility index (Phi) is 3.38. The molecule has 17 heavy (non-hydrogen) atoms. The van der Waals surface area contributed by atoms with Gasteiger partial charge < -0.3 is 11.1 Å². The van der Waals surface area contributed by atoms with Gasteiger partial charge in [-0.05, 0) is 24.5 Å². The molecule has 0 aromatic carbocycles. The Bertz CT molecular complexity index is 429. The van der Waals surface area contributed by atoms with Crippen molar-refractivity contribution in [1.82, 2.24) is 10.3 Å². The molecule has 1 aromatic rings. The van der Waals surface area contributed by atoms with E-state index in [4.69, 9.17) is 18.0 Å². The van der Waals surface area contributed by atoms with Crippen molar-refractivity contribution in [1.29, 1.82) is 0 Å². The highest BCUT2D eigenvalue weighted by molar-refractivity contribution is 7.80. The van der Waals surface area contributed by atoms with E-state index >= 15 is 0 Å². The molecule has 1 amide bonds. The fourth-order valence-electron chi connectivity index (χ4n) is 1.97. The van der Waals surface area contributed by atoms with Gasteiger partial charge in [0.25, 0.3) is 0 Å². The van der Waals surface area contributed by atoms with Gasteiger partial charge in [0.15, 0.2) is 0 Å². The molecule has 1 aliphatic rings. The Morgan fingerprint density at radius 3 is 2.82 bits per heavy atom. The van der Waals surface area contributed by atoms with Crippen LogP contribution in [0, 0.1) is 5.41 Å². The van der Waals surface area contributed by atoms with Gasteiger partial charge >= 0.3 is 0 Å². The monoisotopic (exact) mass is 249 g/mol. The maximum absolute atomic E-state index is 12.1. The molecule has 1 aliphatic carbocycles. The van der Waals surface area contributed by atoms with E-state index in [1.165, 1.54) is 0 Å². The van der Waals surface area contributed by atoms with Crippen LogP contribution in [0.4, 0.5) is 0 Å². The molecule has 1 fully saturated rings. The van der Waals surface area contributed by atoms with Crippen LogP contribution in [0.2, 0.25) is 0 Å². The predicted octanol–water partition coefficient (Wildman–Crippen LogP) is 1.15. The van der Waals surface area contributed by atoms with Gasteiger partial charge in [0.1, 0.15) is 0 Å². The molecule has 0 radical (unpaired) electrons. The summed E-state index contributed by atoms with van der Waals surface area (Å²) in [6, 6.07) is 3.76. The summed E-state index contributed by atoms with van der Waals surface area (Å²) in [4.78, 5) is 16.4. The van der Waals surface area contributed by atoms with Crippen LogP contribution < -0.4 is 11.1 Å². The quantitative estimate of drug-likeness (QED) is 0.786. The zero-order valence-corrected chi connectivity index (χ0v) is 10.3. The van der Waals surface area contributed by atoms with Crippen LogP contribution >= 0.6 is 12.2 Å². The Morgan fingerprint density at radius 2 is 2.35 bits per heavy atom. The van der Waals surface area contributed by atoms with E-state index in [1.54, 1.807) is 12.4 Å². The van der Waals surface area contributed by atoms with Crippen molar-refractivity contribution < 1.29 is 4.79 Å². The number of hydrogen-bond acceptors (Lipinski definition) is 3. The highest BCUT2D eigenvalue weighted by Crippen LogP contribution is 2.41. The number of hydrogen-bond donors (Lipinski definition) is 2. The van der Waals surface area contributed by atoms with Gasteiger partial charge in [-0.15, -0.1) is 0 Å². The van der Waals surface area contributed by atoms with Gasteiger partial charge in [-0.3, -0.25) is 9.78 Å². The van der Waals surface area contributed by atoms with E-state index in [0.717, 1.165) is 24.8 Å². The second-order valence-electron chi connectivity index (χ2n) is 4.34. The average molecular weight is 249 g/mol. The molecule has 0 saturated heterocycles. The summed E-state index contributed by atoms with van der Waals surface area (Å²) >= 11 is 4.99. The molecule has 0 spiro atoms. The number of carbonyl (C=O) groups is 1. The van der Waals surface area contributed by atoms with E-state index in [2.05, 4.69) is 10.3 Å². The predicted molar refractivity (Wildman–Crippen MR) is 69.2 cm³/mol. The Hall–Kier alpha value is -1.49. The fraction of sp³-hybridized carbons (Fsp3) is 0.417. The minimum atomic E-state index is -0.600. The number of thiocarbonyl (C=S) groups is 1. The van der Waals surface area contributed by atoms with Crippen LogP contribution in [0.3, 0.4) is 0 Å². The third-order valence-electron chi connectivity index (χ3n) is 3.29. The highest BCUT2D eigenvalue weighted by Gasteiger charge is 2.46. The molecule has 0 unspecified atom stereocenters. The number of amides is 1. The summed E-state index contributed by atoms with van der Waals surface area (Å²) in [5, 5.41) is 2.88. The third-order valence-corrected chi connectivity index (χ3v) is 3.68. The standard InChI is InChI=1S/C12H15N3OS/c13-10(17)12(4-2-5-12)11(16)15-8-9-3-1-6-14-7-9/h1,3,6-7H,2,4-5,8H2,(H2,13,17)(H,15,16). The molecule has 1 aromatic heterocycles. The molecule has 5 heteroatoms. The molecular weight excluding hydrogens is 234 g/mol. The molecule has 0 atom stereocenters. The summed E-state index contributed by atoms with van der Waals surface area (Å²) in [6.07, 6.45) is 5.97. The highest BCUT2D eigenvalue weighted by atomic mass is 32.1. The van der Waals surface area contributed by atoms with Gasteiger partial charge in [0, 0.05) is 18.9 Å². The van der Waals surface area contributed by atoms with E-state index < -0.39 is 5.41 Å². The summed E-state index contributed by atoms with van der Waals surface area (Å²) in [6.45, 7) is 0.469. The number of carbonyl (C=O) groups excluding carboxylic acids is 1. The van der Waals surface area contributed by atoms with Crippen molar-refractivity contribution >= 4 is 23.1 Å². The number of aromatic nitrogens is 1. The van der Waals surface area contributed by atoms with Gasteiger partial charge in [0.05, 0.1) is 10.4 Å². The van der Waals surface area contributed by atoms with Gasteiger partial charge in [0.2, 0.25) is 5.91 Å². The molecule has 1 saturated carbocycles. The fourth-order valence-corrected chi connectivity index (χ4v) is 2.27. The van der Waals surface area contributed by atoms with Gasteiger partial charge in [-0.25, -0.2) is 0 Å². The van der Waals surface area contributed by atoms with E-state index in [-0.39, 0.29) is 5.91 Å². The van der Waals surface area contributed by atoms with Crippen molar-refractivity contribution in [3.63, 3.8) is 0 Å². The lowest BCUT2D eigenvalue weighted by molar-refractivity contribution is -0.131. The Morgan fingerprint density at radius 1 is 1.59 bits per heavy atom. The Labute approximate surface area is 106 Å². The molecule has 0 bridgehead atoms. The molecule has 3 N–H and O–H groups in total. The number of nitrogens with one attached hydrogen (secondary N) is 1. The molecule has 4 nitrogen and oxygen atoms in total. The SMILES string of the molecule is NC(=S)C1(C(=O)NCc2cccnc2)CCC1. The summed E-state index contributed by atoms with van der Waals surface area (Å²) in [7, 11) is 0. The van der Waals surface area contributed by atoms with Gasteiger partial charge in [-0.2, -0.15) is 0 Å². The smallest absolute Gasteiger partial charge is 0.233 e. The molecule has 90 valence electrons. The molecule has 1 heterocycles. The van der Waals surface area contributed by atoms with Crippen molar-refractivity contribution in [3.05, 3.63) is 30.1 Å². The number of rotatable bonds is 4. The maximum atomic E-state index is 12.1. The zero-order valence-electron chi connectivity index (χ0n) is 9.48. The lowest BCUT2D eigenvalue weighted by Crippen LogP contribution is -2.52. The molecule has 0 aliphatic heterocycles. The van der Waals surface area contributed by atoms with Crippen LogP contribution in [0.1, 0.15) is 24.8 Å². The van der Waals surface area contributed by atoms with Crippen molar-refractivity contribution in [2.24, 2.45) is 11.1 Å². The normalized spacial score (nSPS) is 16.9. The molecule has 2 rings (SSSR count). The van der Waals surface area contributed by atoms with Crippen LogP contribution in [-0.2, 0) is 11.3 Å². The van der Waals surface area contributed by atoms with Crippen molar-refractivity contribution in [2.75, 3.05) is 0 Å². The second-order valence-corrected chi connectivity index (χ2v) is 4.78. The van der Waals surface area contributed by atoms with Crippen molar-refractivity contribution in [2.45, 2.75) is 25.8 Å². The van der Waals surface area contributed by atoms with Crippen LogP contribution in [-0.4, -0.2) is 15.9 Å². The van der Waals surface area contributed by atoms with Gasteiger partial charge in [-0.1, -0.05) is 24.7 Å². The minimum Gasteiger partial charge on any atom is -0.392 e. The summed E-state index contributed by atoms with van der Waals surface area (Å²) in [5.41, 5.74) is 6.03. The first-order valence-corrected chi connectivity index (χ1v) is 6.03. The summed E-state index contributed by atoms with van der Waals surface area (Å²) in [5.74, 6) is -0.0555. The Balaban J connectivity index is 1.96. The van der Waals surface area contributed by atoms with E-state index in [1.807, 2.05) is 12.1 Å². The largest absolute Gasteiger partial charge is 0.392 e. The lowest BCUT2D eigenvalue weighted by atomic mass is 9.68.